The van der Waals surface area contributed by atoms with Gasteiger partial charge in [0.25, 0.3) is 0 Å². The Balaban J connectivity index is 2.31. The number of aliphatic hydroxyl groups is 1. The van der Waals surface area contributed by atoms with Gasteiger partial charge in [0.2, 0.25) is 0 Å². The molecule has 9 heavy (non-hydrogen) atoms. The van der Waals surface area contributed by atoms with Crippen molar-refractivity contribution in [3.05, 3.63) is 12.2 Å². The van der Waals surface area contributed by atoms with E-state index in [1.54, 1.807) is 0 Å². The lowest BCUT2D eigenvalue weighted by atomic mass is 10.0. The third-order valence-electron chi connectivity index (χ3n) is 2.02. The van der Waals surface area contributed by atoms with Crippen LogP contribution < -0.4 is 0 Å². The molecule has 0 aliphatic heterocycles. The second-order valence-electron chi connectivity index (χ2n) is 2.73. The summed E-state index contributed by atoms with van der Waals surface area (Å²) >= 11 is 0. The minimum absolute atomic E-state index is 0.326. The Morgan fingerprint density at radius 1 is 1.44 bits per heavy atom. The molecule has 2 atom stereocenters. The highest BCUT2D eigenvalue weighted by atomic mass is 16.3. The average Bonchev–Trinajstić information content (AvgIpc) is 2.34. The maximum Gasteiger partial charge on any atom is 0.0494 e. The van der Waals surface area contributed by atoms with Crippen molar-refractivity contribution in [2.24, 2.45) is 11.8 Å². The number of hydrogen-bond donors (Lipinski definition) is 1. The molecule has 0 saturated carbocycles. The van der Waals surface area contributed by atoms with E-state index >= 15 is 0 Å². The molecule has 52 valence electrons. The standard InChI is InChI=1S/C8H14O/c1-2-7-3-4-8(5-7)6-9/h3-4,7-9H,2,5-6H2,1H3. The van der Waals surface area contributed by atoms with Gasteiger partial charge in [0.1, 0.15) is 0 Å². The Hall–Kier alpha value is -0.300. The molecule has 2 unspecified atom stereocenters. The normalized spacial score (nSPS) is 33.6. The summed E-state index contributed by atoms with van der Waals surface area (Å²) in [7, 11) is 0. The van der Waals surface area contributed by atoms with Gasteiger partial charge in [0, 0.05) is 12.5 Å². The Morgan fingerprint density at radius 2 is 2.11 bits per heavy atom. The van der Waals surface area contributed by atoms with Gasteiger partial charge in [-0.2, -0.15) is 0 Å². The van der Waals surface area contributed by atoms with Gasteiger partial charge in [-0.15, -0.1) is 0 Å². The van der Waals surface area contributed by atoms with Gasteiger partial charge in [-0.3, -0.25) is 0 Å². The van der Waals surface area contributed by atoms with E-state index < -0.39 is 0 Å². The zero-order chi connectivity index (χ0) is 6.69. The molecule has 0 heterocycles. The van der Waals surface area contributed by atoms with Gasteiger partial charge in [-0.05, 0) is 18.8 Å². The van der Waals surface area contributed by atoms with Crippen molar-refractivity contribution < 1.29 is 5.11 Å². The Bertz CT molecular complexity index is 95.1. The van der Waals surface area contributed by atoms with Crippen molar-refractivity contribution in [2.75, 3.05) is 6.61 Å². The summed E-state index contributed by atoms with van der Waals surface area (Å²) in [6, 6.07) is 0. The molecular weight excluding hydrogens is 112 g/mol. The minimum Gasteiger partial charge on any atom is -0.396 e. The zero-order valence-corrected chi connectivity index (χ0v) is 5.88. The van der Waals surface area contributed by atoms with Crippen LogP contribution in [-0.4, -0.2) is 11.7 Å². The number of rotatable bonds is 2. The fourth-order valence-electron chi connectivity index (χ4n) is 1.30. The molecule has 0 bridgehead atoms. The van der Waals surface area contributed by atoms with Crippen molar-refractivity contribution in [3.63, 3.8) is 0 Å². The predicted molar refractivity (Wildman–Crippen MR) is 38.1 cm³/mol. The van der Waals surface area contributed by atoms with Crippen LogP contribution in [0.5, 0.6) is 0 Å². The van der Waals surface area contributed by atoms with Crippen molar-refractivity contribution >= 4 is 0 Å². The summed E-state index contributed by atoms with van der Waals surface area (Å²) in [4.78, 5) is 0. The maximum atomic E-state index is 8.73. The van der Waals surface area contributed by atoms with Crippen molar-refractivity contribution in [3.8, 4) is 0 Å². The molecule has 0 aromatic heterocycles. The van der Waals surface area contributed by atoms with Crippen LogP contribution in [0, 0.1) is 11.8 Å². The highest BCUT2D eigenvalue weighted by Gasteiger charge is 2.15. The van der Waals surface area contributed by atoms with Crippen LogP contribution in [0.1, 0.15) is 19.8 Å². The lowest BCUT2D eigenvalue weighted by Gasteiger charge is -2.05. The van der Waals surface area contributed by atoms with Gasteiger partial charge in [0.05, 0.1) is 0 Å². The Morgan fingerprint density at radius 3 is 2.44 bits per heavy atom. The molecular formula is C8H14O. The van der Waals surface area contributed by atoms with Crippen LogP contribution >= 0.6 is 0 Å². The van der Waals surface area contributed by atoms with Crippen molar-refractivity contribution in [1.29, 1.82) is 0 Å². The highest BCUT2D eigenvalue weighted by molar-refractivity contribution is 5.00. The first-order valence-electron chi connectivity index (χ1n) is 3.66. The molecule has 1 rings (SSSR count). The van der Waals surface area contributed by atoms with Crippen LogP contribution in [0.4, 0.5) is 0 Å². The fourth-order valence-corrected chi connectivity index (χ4v) is 1.30. The van der Waals surface area contributed by atoms with Crippen molar-refractivity contribution in [2.45, 2.75) is 19.8 Å². The first-order valence-corrected chi connectivity index (χ1v) is 3.66. The molecule has 1 aliphatic carbocycles. The molecule has 0 aromatic rings. The third-order valence-corrected chi connectivity index (χ3v) is 2.02. The lowest BCUT2D eigenvalue weighted by molar-refractivity contribution is 0.243. The molecule has 0 saturated heterocycles. The summed E-state index contributed by atoms with van der Waals surface area (Å²) in [5.41, 5.74) is 0. The van der Waals surface area contributed by atoms with Gasteiger partial charge in [0.15, 0.2) is 0 Å². The number of aliphatic hydroxyl groups excluding tert-OH is 1. The summed E-state index contributed by atoms with van der Waals surface area (Å²) in [5, 5.41) is 8.73. The second kappa shape index (κ2) is 3.02. The molecule has 1 aliphatic rings. The number of hydrogen-bond acceptors (Lipinski definition) is 1. The molecule has 0 aromatic carbocycles. The molecule has 1 N–H and O–H groups in total. The number of allylic oxidation sites excluding steroid dienone is 1. The van der Waals surface area contributed by atoms with E-state index in [-0.39, 0.29) is 0 Å². The van der Waals surface area contributed by atoms with Crippen LogP contribution in [0.3, 0.4) is 0 Å². The van der Waals surface area contributed by atoms with Gasteiger partial charge in [-0.1, -0.05) is 19.1 Å². The van der Waals surface area contributed by atoms with Crippen molar-refractivity contribution in [1.82, 2.24) is 0 Å². The average molecular weight is 126 g/mol. The van der Waals surface area contributed by atoms with Gasteiger partial charge < -0.3 is 5.11 Å². The first-order chi connectivity index (χ1) is 4.36. The molecule has 0 fully saturated rings. The summed E-state index contributed by atoms with van der Waals surface area (Å²) < 4.78 is 0. The molecule has 1 nitrogen and oxygen atoms in total. The zero-order valence-electron chi connectivity index (χ0n) is 5.88. The smallest absolute Gasteiger partial charge is 0.0494 e. The summed E-state index contributed by atoms with van der Waals surface area (Å²) in [6.45, 7) is 2.52. The van der Waals surface area contributed by atoms with Crippen LogP contribution in [0.15, 0.2) is 12.2 Å². The highest BCUT2D eigenvalue weighted by Crippen LogP contribution is 2.24. The molecule has 0 radical (unpaired) electrons. The second-order valence-corrected chi connectivity index (χ2v) is 2.73. The van der Waals surface area contributed by atoms with Crippen LogP contribution in [0.2, 0.25) is 0 Å². The van der Waals surface area contributed by atoms with E-state index in [4.69, 9.17) is 5.11 Å². The topological polar surface area (TPSA) is 20.2 Å². The SMILES string of the molecule is CCC1C=CC(CO)C1. The van der Waals surface area contributed by atoms with E-state index in [0.29, 0.717) is 12.5 Å². The molecule has 0 spiro atoms. The Kier molecular flexibility index (Phi) is 2.29. The van der Waals surface area contributed by atoms with E-state index in [9.17, 15) is 0 Å². The lowest BCUT2D eigenvalue weighted by Crippen LogP contribution is -2.01. The van der Waals surface area contributed by atoms with E-state index in [1.807, 2.05) is 0 Å². The van der Waals surface area contributed by atoms with E-state index in [2.05, 4.69) is 19.1 Å². The summed E-state index contributed by atoms with van der Waals surface area (Å²) in [6.07, 6.45) is 6.73. The summed E-state index contributed by atoms with van der Waals surface area (Å²) in [5.74, 6) is 1.19. The quantitative estimate of drug-likeness (QED) is 0.557. The monoisotopic (exact) mass is 126 g/mol. The fraction of sp³-hybridized carbons (Fsp3) is 0.750. The maximum absolute atomic E-state index is 8.73. The third kappa shape index (κ3) is 1.55. The van der Waals surface area contributed by atoms with E-state index in [1.165, 1.54) is 6.42 Å². The van der Waals surface area contributed by atoms with Crippen LogP contribution in [0.25, 0.3) is 0 Å². The van der Waals surface area contributed by atoms with Gasteiger partial charge >= 0.3 is 0 Å². The molecule has 0 amide bonds. The minimum atomic E-state index is 0.326. The van der Waals surface area contributed by atoms with Gasteiger partial charge in [-0.25, -0.2) is 0 Å². The predicted octanol–water partition coefficient (Wildman–Crippen LogP) is 1.58. The van der Waals surface area contributed by atoms with E-state index in [0.717, 1.165) is 12.3 Å². The van der Waals surface area contributed by atoms with Crippen LogP contribution in [-0.2, 0) is 0 Å². The Labute approximate surface area is 56.4 Å². The molecule has 1 heteroatoms. The largest absolute Gasteiger partial charge is 0.396 e. The first kappa shape index (κ1) is 6.81.